The predicted molar refractivity (Wildman–Crippen MR) is 51.2 cm³/mol. The standard InChI is InChI=1S/C6H3Br3O/c7-3-1-2-4(10)6(9)5(3)8/h1-2,10H. The van der Waals surface area contributed by atoms with Crippen LogP contribution in [0.1, 0.15) is 0 Å². The molecule has 1 nitrogen and oxygen atoms in total. The molecule has 0 atom stereocenters. The van der Waals surface area contributed by atoms with E-state index in [-0.39, 0.29) is 5.75 Å². The van der Waals surface area contributed by atoms with E-state index in [4.69, 9.17) is 5.11 Å². The topological polar surface area (TPSA) is 20.2 Å². The molecule has 0 bridgehead atoms. The highest BCUT2D eigenvalue weighted by atomic mass is 79.9. The van der Waals surface area contributed by atoms with Crippen molar-refractivity contribution in [2.75, 3.05) is 0 Å². The van der Waals surface area contributed by atoms with Crippen molar-refractivity contribution in [3.8, 4) is 5.75 Å². The monoisotopic (exact) mass is 328 g/mol. The molecule has 0 saturated carbocycles. The van der Waals surface area contributed by atoms with Gasteiger partial charge in [-0.05, 0) is 59.9 Å². The minimum atomic E-state index is 0.232. The van der Waals surface area contributed by atoms with Crippen molar-refractivity contribution in [2.45, 2.75) is 0 Å². The molecule has 0 aliphatic rings. The third-order valence-electron chi connectivity index (χ3n) is 1.01. The molecule has 0 aromatic heterocycles. The smallest absolute Gasteiger partial charge is 0.130 e. The van der Waals surface area contributed by atoms with E-state index in [0.29, 0.717) is 4.47 Å². The second-order valence-corrected chi connectivity index (χ2v) is 4.13. The van der Waals surface area contributed by atoms with Crippen LogP contribution >= 0.6 is 47.8 Å². The summed E-state index contributed by atoms with van der Waals surface area (Å²) in [5.41, 5.74) is 0. The number of halogens is 3. The second kappa shape index (κ2) is 3.24. The van der Waals surface area contributed by atoms with E-state index >= 15 is 0 Å². The zero-order valence-corrected chi connectivity index (χ0v) is 9.49. The largest absolute Gasteiger partial charge is 0.507 e. The summed E-state index contributed by atoms with van der Waals surface area (Å²) < 4.78 is 2.41. The van der Waals surface area contributed by atoms with Gasteiger partial charge in [0.15, 0.2) is 0 Å². The van der Waals surface area contributed by atoms with Crippen molar-refractivity contribution in [1.82, 2.24) is 0 Å². The third kappa shape index (κ3) is 1.54. The van der Waals surface area contributed by atoms with Crippen molar-refractivity contribution < 1.29 is 5.11 Å². The van der Waals surface area contributed by atoms with Crippen LogP contribution in [-0.2, 0) is 0 Å². The average Bonchev–Trinajstić information content (AvgIpc) is 1.93. The molecule has 54 valence electrons. The molecule has 1 N–H and O–H groups in total. The lowest BCUT2D eigenvalue weighted by Crippen LogP contribution is -1.72. The zero-order valence-electron chi connectivity index (χ0n) is 4.74. The van der Waals surface area contributed by atoms with Gasteiger partial charge in [-0.15, -0.1) is 0 Å². The van der Waals surface area contributed by atoms with Crippen LogP contribution in [0.25, 0.3) is 0 Å². The molecule has 1 rings (SSSR count). The molecule has 0 aliphatic carbocycles. The van der Waals surface area contributed by atoms with Gasteiger partial charge in [-0.3, -0.25) is 0 Å². The Kier molecular flexibility index (Phi) is 2.77. The van der Waals surface area contributed by atoms with Gasteiger partial charge in [0.2, 0.25) is 0 Å². The minimum absolute atomic E-state index is 0.232. The first kappa shape index (κ1) is 8.56. The normalized spacial score (nSPS) is 9.90. The lowest BCUT2D eigenvalue weighted by Gasteiger charge is -2.00. The van der Waals surface area contributed by atoms with Crippen molar-refractivity contribution in [3.63, 3.8) is 0 Å². The van der Waals surface area contributed by atoms with Crippen molar-refractivity contribution in [1.29, 1.82) is 0 Å². The number of phenols is 1. The third-order valence-corrected chi connectivity index (χ3v) is 4.37. The number of phenolic OH excluding ortho intramolecular Hbond substituents is 1. The molecule has 10 heavy (non-hydrogen) atoms. The summed E-state index contributed by atoms with van der Waals surface area (Å²) in [5.74, 6) is 0.232. The molecule has 0 radical (unpaired) electrons. The first-order valence-electron chi connectivity index (χ1n) is 2.45. The summed E-state index contributed by atoms with van der Waals surface area (Å²) in [5, 5.41) is 9.13. The van der Waals surface area contributed by atoms with E-state index in [1.807, 2.05) is 0 Å². The highest BCUT2D eigenvalue weighted by Gasteiger charge is 2.04. The minimum Gasteiger partial charge on any atom is -0.507 e. The number of hydrogen-bond donors (Lipinski definition) is 1. The molecular weight excluding hydrogens is 328 g/mol. The molecule has 4 heteroatoms. The molecule has 0 saturated heterocycles. The fourth-order valence-corrected chi connectivity index (χ4v) is 1.79. The number of hydrogen-bond acceptors (Lipinski definition) is 1. The molecule has 0 unspecified atom stereocenters. The predicted octanol–water partition coefficient (Wildman–Crippen LogP) is 3.68. The Morgan fingerprint density at radius 2 is 1.60 bits per heavy atom. The lowest BCUT2D eigenvalue weighted by atomic mass is 10.3. The molecule has 0 aliphatic heterocycles. The van der Waals surface area contributed by atoms with Crippen LogP contribution in [0.2, 0.25) is 0 Å². The molecule has 0 amide bonds. The summed E-state index contributed by atoms with van der Waals surface area (Å²) in [6.07, 6.45) is 0. The molecule has 0 spiro atoms. The Morgan fingerprint density at radius 3 is 2.10 bits per heavy atom. The van der Waals surface area contributed by atoms with E-state index in [9.17, 15) is 0 Å². The van der Waals surface area contributed by atoms with E-state index in [1.54, 1.807) is 12.1 Å². The summed E-state index contributed by atoms with van der Waals surface area (Å²) in [4.78, 5) is 0. The van der Waals surface area contributed by atoms with Gasteiger partial charge < -0.3 is 5.11 Å². The van der Waals surface area contributed by atoms with E-state index in [2.05, 4.69) is 47.8 Å². The van der Waals surface area contributed by atoms with Crippen molar-refractivity contribution >= 4 is 47.8 Å². The highest BCUT2D eigenvalue weighted by Crippen LogP contribution is 2.36. The number of rotatable bonds is 0. The van der Waals surface area contributed by atoms with Gasteiger partial charge in [0.1, 0.15) is 5.75 Å². The summed E-state index contributed by atoms with van der Waals surface area (Å²) >= 11 is 9.77. The Bertz CT molecular complexity index is 232. The maximum Gasteiger partial charge on any atom is 0.130 e. The first-order chi connectivity index (χ1) is 4.63. The molecule has 0 heterocycles. The van der Waals surface area contributed by atoms with E-state index < -0.39 is 0 Å². The van der Waals surface area contributed by atoms with Gasteiger partial charge in [0, 0.05) is 8.95 Å². The van der Waals surface area contributed by atoms with Crippen LogP contribution < -0.4 is 0 Å². The van der Waals surface area contributed by atoms with Crippen LogP contribution in [0.3, 0.4) is 0 Å². The lowest BCUT2D eigenvalue weighted by molar-refractivity contribution is 0.471. The SMILES string of the molecule is Oc1ccc(Br)c(Br)c1Br. The van der Waals surface area contributed by atoms with Gasteiger partial charge in [-0.1, -0.05) is 0 Å². The maximum absolute atomic E-state index is 9.13. The van der Waals surface area contributed by atoms with Crippen LogP contribution in [0, 0.1) is 0 Å². The number of benzene rings is 1. The van der Waals surface area contributed by atoms with Crippen molar-refractivity contribution in [3.05, 3.63) is 25.6 Å². The van der Waals surface area contributed by atoms with Crippen molar-refractivity contribution in [2.24, 2.45) is 0 Å². The quantitative estimate of drug-likeness (QED) is 0.719. The van der Waals surface area contributed by atoms with Gasteiger partial charge in [0.05, 0.1) is 4.47 Å². The fraction of sp³-hybridized carbons (Fsp3) is 0. The first-order valence-corrected chi connectivity index (χ1v) is 4.83. The Morgan fingerprint density at radius 1 is 1.00 bits per heavy atom. The van der Waals surface area contributed by atoms with Crippen LogP contribution in [0.15, 0.2) is 25.6 Å². The zero-order chi connectivity index (χ0) is 7.72. The van der Waals surface area contributed by atoms with E-state index in [1.165, 1.54) is 0 Å². The average molecular weight is 331 g/mol. The Balaban J connectivity index is 3.34. The van der Waals surface area contributed by atoms with Gasteiger partial charge in [-0.25, -0.2) is 0 Å². The molecular formula is C6H3Br3O. The molecule has 1 aromatic carbocycles. The van der Waals surface area contributed by atoms with Crippen LogP contribution in [-0.4, -0.2) is 5.11 Å². The van der Waals surface area contributed by atoms with Gasteiger partial charge in [-0.2, -0.15) is 0 Å². The number of aromatic hydroxyl groups is 1. The summed E-state index contributed by atoms with van der Waals surface area (Å²) in [6.45, 7) is 0. The second-order valence-electron chi connectivity index (χ2n) is 1.69. The van der Waals surface area contributed by atoms with E-state index in [0.717, 1.165) is 8.95 Å². The van der Waals surface area contributed by atoms with Crippen LogP contribution in [0.5, 0.6) is 5.75 Å². The molecule has 0 fully saturated rings. The van der Waals surface area contributed by atoms with Gasteiger partial charge in [0.25, 0.3) is 0 Å². The van der Waals surface area contributed by atoms with Crippen LogP contribution in [0.4, 0.5) is 0 Å². The highest BCUT2D eigenvalue weighted by molar-refractivity contribution is 9.14. The van der Waals surface area contributed by atoms with Gasteiger partial charge >= 0.3 is 0 Å². The summed E-state index contributed by atoms with van der Waals surface area (Å²) in [6, 6.07) is 3.38. The molecule has 1 aromatic rings. The fourth-order valence-electron chi connectivity index (χ4n) is 0.516. The Labute approximate surface area is 83.8 Å². The maximum atomic E-state index is 9.13. The summed E-state index contributed by atoms with van der Waals surface area (Å²) in [7, 11) is 0. The Hall–Kier alpha value is 0.460.